The summed E-state index contributed by atoms with van der Waals surface area (Å²) in [5, 5.41) is 3.29. The molecule has 1 aliphatic rings. The number of Topliss-reactive ketones (excluding diaryl/α,β-unsaturated/α-hetero) is 1. The van der Waals surface area contributed by atoms with Crippen molar-refractivity contribution in [3.05, 3.63) is 29.6 Å². The number of aryl methyl sites for hydroxylation is 1. The Kier molecular flexibility index (Phi) is 4.84. The second kappa shape index (κ2) is 6.61. The van der Waals surface area contributed by atoms with E-state index < -0.39 is 0 Å². The Hall–Kier alpha value is -1.26. The van der Waals surface area contributed by atoms with E-state index in [2.05, 4.69) is 10.3 Å². The van der Waals surface area contributed by atoms with Gasteiger partial charge in [0.05, 0.1) is 12.7 Å². The summed E-state index contributed by atoms with van der Waals surface area (Å²) in [6.07, 6.45) is 4.48. The number of hydrogen-bond acceptors (Lipinski definition) is 4. The normalized spacial score (nSPS) is 16.7. The fourth-order valence-corrected chi connectivity index (χ4v) is 2.06. The zero-order chi connectivity index (χ0) is 12.8. The molecule has 98 valence electrons. The number of ether oxygens (including phenoxy) is 1. The van der Waals surface area contributed by atoms with E-state index in [1.54, 1.807) is 6.20 Å². The molecule has 0 aromatic carbocycles. The Labute approximate surface area is 108 Å². The van der Waals surface area contributed by atoms with Crippen molar-refractivity contribution in [2.45, 2.75) is 32.3 Å². The van der Waals surface area contributed by atoms with Crippen LogP contribution in [0, 0.1) is 6.92 Å². The second-order valence-corrected chi connectivity index (χ2v) is 4.68. The molecule has 1 N–H and O–H groups in total. The number of carbonyl (C=O) groups is 1. The number of hydrogen-bond donors (Lipinski definition) is 1. The van der Waals surface area contributed by atoms with Gasteiger partial charge in [0.2, 0.25) is 0 Å². The van der Waals surface area contributed by atoms with Gasteiger partial charge in [-0.2, -0.15) is 0 Å². The fourth-order valence-electron chi connectivity index (χ4n) is 2.06. The first-order valence-electron chi connectivity index (χ1n) is 6.54. The molecule has 2 rings (SSSR count). The van der Waals surface area contributed by atoms with Gasteiger partial charge in [0.15, 0.2) is 5.78 Å². The lowest BCUT2D eigenvalue weighted by Gasteiger charge is -2.22. The molecule has 0 bridgehead atoms. The van der Waals surface area contributed by atoms with Crippen molar-refractivity contribution in [1.29, 1.82) is 0 Å². The first kappa shape index (κ1) is 13.2. The maximum atomic E-state index is 11.9. The van der Waals surface area contributed by atoms with Crippen LogP contribution in [0.25, 0.3) is 0 Å². The number of nitrogens with one attached hydrogen (secondary N) is 1. The van der Waals surface area contributed by atoms with E-state index in [1.165, 1.54) is 0 Å². The third kappa shape index (κ3) is 3.89. The van der Waals surface area contributed by atoms with Gasteiger partial charge in [-0.3, -0.25) is 9.78 Å². The summed E-state index contributed by atoms with van der Waals surface area (Å²) in [7, 11) is 0. The molecule has 4 nitrogen and oxygen atoms in total. The summed E-state index contributed by atoms with van der Waals surface area (Å²) < 4.78 is 5.72. The van der Waals surface area contributed by atoms with E-state index in [9.17, 15) is 4.79 Å². The topological polar surface area (TPSA) is 51.2 Å². The van der Waals surface area contributed by atoms with Gasteiger partial charge in [0.25, 0.3) is 0 Å². The summed E-state index contributed by atoms with van der Waals surface area (Å²) in [4.78, 5) is 16.0. The summed E-state index contributed by atoms with van der Waals surface area (Å²) in [5.74, 6) is 0.108. The largest absolute Gasteiger partial charge is 0.378 e. The highest BCUT2D eigenvalue weighted by atomic mass is 16.5. The molecule has 0 amide bonds. The standard InChI is InChI=1S/C14H20N2O2/c1-11-2-3-12(10-16-11)14(17)6-9-18-13-4-7-15-8-5-13/h2-3,10,13,15H,4-9H2,1H3. The lowest BCUT2D eigenvalue weighted by molar-refractivity contribution is 0.0313. The highest BCUT2D eigenvalue weighted by Gasteiger charge is 2.14. The molecule has 1 saturated heterocycles. The van der Waals surface area contributed by atoms with E-state index >= 15 is 0 Å². The zero-order valence-electron chi connectivity index (χ0n) is 10.8. The number of ketones is 1. The number of aromatic nitrogens is 1. The van der Waals surface area contributed by atoms with Gasteiger partial charge in [-0.05, 0) is 45.0 Å². The third-order valence-electron chi connectivity index (χ3n) is 3.20. The number of piperidine rings is 1. The third-order valence-corrected chi connectivity index (χ3v) is 3.20. The molecule has 0 spiro atoms. The average molecular weight is 248 g/mol. The Morgan fingerprint density at radius 3 is 2.89 bits per heavy atom. The van der Waals surface area contributed by atoms with E-state index in [1.807, 2.05) is 19.1 Å². The fraction of sp³-hybridized carbons (Fsp3) is 0.571. The molecule has 0 aliphatic carbocycles. The molecule has 1 aliphatic heterocycles. The first-order valence-corrected chi connectivity index (χ1v) is 6.54. The maximum Gasteiger partial charge on any atom is 0.166 e. The second-order valence-electron chi connectivity index (χ2n) is 4.68. The summed E-state index contributed by atoms with van der Waals surface area (Å²) >= 11 is 0. The SMILES string of the molecule is Cc1ccc(C(=O)CCOC2CCNCC2)cn1. The van der Waals surface area contributed by atoms with E-state index in [0.717, 1.165) is 31.6 Å². The van der Waals surface area contributed by atoms with Crippen LogP contribution in [-0.2, 0) is 4.74 Å². The van der Waals surface area contributed by atoms with Crippen LogP contribution in [0.1, 0.15) is 35.3 Å². The Balaban J connectivity index is 1.72. The van der Waals surface area contributed by atoms with Gasteiger partial charge in [-0.25, -0.2) is 0 Å². The molecule has 0 radical (unpaired) electrons. The van der Waals surface area contributed by atoms with Crippen molar-refractivity contribution in [2.75, 3.05) is 19.7 Å². The Bertz CT molecular complexity index is 383. The van der Waals surface area contributed by atoms with Crippen LogP contribution in [0.4, 0.5) is 0 Å². The van der Waals surface area contributed by atoms with Gasteiger partial charge in [0.1, 0.15) is 0 Å². The Morgan fingerprint density at radius 2 is 2.22 bits per heavy atom. The quantitative estimate of drug-likeness (QED) is 0.806. The van der Waals surface area contributed by atoms with Crippen molar-refractivity contribution in [3.63, 3.8) is 0 Å². The summed E-state index contributed by atoms with van der Waals surface area (Å²) in [5.41, 5.74) is 1.60. The molecular weight excluding hydrogens is 228 g/mol. The molecule has 1 fully saturated rings. The van der Waals surface area contributed by atoms with Crippen LogP contribution in [0.2, 0.25) is 0 Å². The smallest absolute Gasteiger partial charge is 0.166 e. The van der Waals surface area contributed by atoms with Crippen LogP contribution in [0.3, 0.4) is 0 Å². The van der Waals surface area contributed by atoms with Crippen molar-refractivity contribution in [2.24, 2.45) is 0 Å². The minimum absolute atomic E-state index is 0.108. The van der Waals surface area contributed by atoms with E-state index in [4.69, 9.17) is 4.74 Å². The number of carbonyl (C=O) groups excluding carboxylic acids is 1. The van der Waals surface area contributed by atoms with Gasteiger partial charge in [0, 0.05) is 23.9 Å². The van der Waals surface area contributed by atoms with Crippen molar-refractivity contribution < 1.29 is 9.53 Å². The minimum atomic E-state index is 0.108. The maximum absolute atomic E-state index is 11.9. The molecule has 18 heavy (non-hydrogen) atoms. The van der Waals surface area contributed by atoms with Crippen LogP contribution in [0.15, 0.2) is 18.3 Å². The minimum Gasteiger partial charge on any atom is -0.378 e. The van der Waals surface area contributed by atoms with Crippen molar-refractivity contribution in [1.82, 2.24) is 10.3 Å². The summed E-state index contributed by atoms with van der Waals surface area (Å²) in [6.45, 7) is 4.45. The van der Waals surface area contributed by atoms with Gasteiger partial charge >= 0.3 is 0 Å². The molecule has 1 aromatic rings. The molecular formula is C14H20N2O2. The lowest BCUT2D eigenvalue weighted by Crippen LogP contribution is -2.32. The van der Waals surface area contributed by atoms with E-state index in [-0.39, 0.29) is 5.78 Å². The lowest BCUT2D eigenvalue weighted by atomic mass is 10.1. The predicted octanol–water partition coefficient (Wildman–Crippen LogP) is 1.73. The average Bonchev–Trinajstić information content (AvgIpc) is 2.40. The van der Waals surface area contributed by atoms with Crippen LogP contribution < -0.4 is 5.32 Å². The van der Waals surface area contributed by atoms with Crippen molar-refractivity contribution >= 4 is 5.78 Å². The highest BCUT2D eigenvalue weighted by Crippen LogP contribution is 2.09. The van der Waals surface area contributed by atoms with Crippen LogP contribution in [-0.4, -0.2) is 36.6 Å². The molecule has 0 unspecified atom stereocenters. The Morgan fingerprint density at radius 1 is 1.44 bits per heavy atom. The summed E-state index contributed by atoms with van der Waals surface area (Å²) in [6, 6.07) is 3.69. The van der Waals surface area contributed by atoms with E-state index in [0.29, 0.717) is 24.7 Å². The van der Waals surface area contributed by atoms with Crippen molar-refractivity contribution in [3.8, 4) is 0 Å². The molecule has 2 heterocycles. The number of nitrogens with zero attached hydrogens (tertiary/aromatic N) is 1. The highest BCUT2D eigenvalue weighted by molar-refractivity contribution is 5.95. The molecule has 1 aromatic heterocycles. The monoisotopic (exact) mass is 248 g/mol. The van der Waals surface area contributed by atoms with Gasteiger partial charge < -0.3 is 10.1 Å². The molecule has 4 heteroatoms. The predicted molar refractivity (Wildman–Crippen MR) is 69.8 cm³/mol. The zero-order valence-corrected chi connectivity index (χ0v) is 10.8. The molecule has 0 saturated carbocycles. The van der Waals surface area contributed by atoms with Crippen LogP contribution >= 0.6 is 0 Å². The van der Waals surface area contributed by atoms with Crippen LogP contribution in [0.5, 0.6) is 0 Å². The number of rotatable bonds is 5. The molecule has 0 atom stereocenters. The van der Waals surface area contributed by atoms with Gasteiger partial charge in [-0.15, -0.1) is 0 Å². The first-order chi connectivity index (χ1) is 8.75. The number of pyridine rings is 1. The van der Waals surface area contributed by atoms with Gasteiger partial charge in [-0.1, -0.05) is 0 Å².